The largest absolute Gasteiger partial charge is 0.388 e. The summed E-state index contributed by atoms with van der Waals surface area (Å²) in [6.07, 6.45) is 0.711. The monoisotopic (exact) mass is 290 g/mol. The van der Waals surface area contributed by atoms with Gasteiger partial charge >= 0.3 is 0 Å². The molecule has 0 aliphatic carbocycles. The smallest absolute Gasteiger partial charge is 0.227 e. The van der Waals surface area contributed by atoms with Gasteiger partial charge in [0.25, 0.3) is 0 Å². The van der Waals surface area contributed by atoms with Crippen LogP contribution < -0.4 is 5.32 Å². The number of nitrogens with zero attached hydrogens (tertiary/aromatic N) is 1. The Balaban J connectivity index is 1.93. The van der Waals surface area contributed by atoms with Crippen LogP contribution in [-0.2, 0) is 4.79 Å². The molecule has 2 rings (SSSR count). The summed E-state index contributed by atoms with van der Waals surface area (Å²) in [5, 5.41) is 13.3. The first-order valence-corrected chi connectivity index (χ1v) is 6.58. The number of hydrogen-bond donors (Lipinski definition) is 2. The lowest BCUT2D eigenvalue weighted by molar-refractivity contribution is -0.118. The van der Waals surface area contributed by atoms with E-state index in [-0.39, 0.29) is 12.3 Å². The Morgan fingerprint density at radius 2 is 2.00 bits per heavy atom. The highest BCUT2D eigenvalue weighted by Crippen LogP contribution is 2.19. The van der Waals surface area contributed by atoms with E-state index < -0.39 is 6.10 Å². The van der Waals surface area contributed by atoms with Crippen LogP contribution in [0.15, 0.2) is 42.6 Å². The number of pyridine rings is 1. The fourth-order valence-electron chi connectivity index (χ4n) is 1.73. The van der Waals surface area contributed by atoms with E-state index in [1.54, 1.807) is 36.5 Å². The molecule has 2 aromatic rings. The molecular weight excluding hydrogens is 276 g/mol. The van der Waals surface area contributed by atoms with E-state index in [4.69, 9.17) is 11.6 Å². The topological polar surface area (TPSA) is 62.2 Å². The van der Waals surface area contributed by atoms with Gasteiger partial charge in [-0.3, -0.25) is 9.78 Å². The van der Waals surface area contributed by atoms with Crippen molar-refractivity contribution in [3.8, 4) is 0 Å². The number of benzene rings is 1. The molecule has 2 N–H and O–H groups in total. The first kappa shape index (κ1) is 14.5. The molecule has 1 aromatic heterocycles. The Hall–Kier alpha value is -1.91. The second kappa shape index (κ2) is 6.50. The second-order valence-electron chi connectivity index (χ2n) is 4.51. The number of aryl methyl sites for hydroxylation is 1. The molecule has 20 heavy (non-hydrogen) atoms. The van der Waals surface area contributed by atoms with Crippen LogP contribution in [0.2, 0.25) is 5.02 Å². The van der Waals surface area contributed by atoms with Gasteiger partial charge < -0.3 is 10.4 Å². The van der Waals surface area contributed by atoms with Crippen LogP contribution in [0.1, 0.15) is 23.8 Å². The van der Waals surface area contributed by atoms with Gasteiger partial charge in [0.05, 0.1) is 24.4 Å². The van der Waals surface area contributed by atoms with Crippen LogP contribution in [0, 0.1) is 6.92 Å². The quantitative estimate of drug-likeness (QED) is 0.909. The van der Waals surface area contributed by atoms with Crippen molar-refractivity contribution in [1.29, 1.82) is 0 Å². The Morgan fingerprint density at radius 1 is 1.30 bits per heavy atom. The normalized spacial score (nSPS) is 11.9. The van der Waals surface area contributed by atoms with Gasteiger partial charge in [0.2, 0.25) is 5.91 Å². The molecule has 0 radical (unpaired) electrons. The molecule has 0 fully saturated rings. The third-order valence-electron chi connectivity index (χ3n) is 2.83. The first-order valence-electron chi connectivity index (χ1n) is 6.20. The summed E-state index contributed by atoms with van der Waals surface area (Å²) < 4.78 is 0. The number of amides is 1. The maximum atomic E-state index is 11.8. The molecule has 1 heterocycles. The molecule has 0 saturated heterocycles. The molecule has 4 nitrogen and oxygen atoms in total. The number of halogens is 1. The van der Waals surface area contributed by atoms with Crippen molar-refractivity contribution >= 4 is 23.2 Å². The average molecular weight is 291 g/mol. The van der Waals surface area contributed by atoms with Crippen LogP contribution in [0.3, 0.4) is 0 Å². The van der Waals surface area contributed by atoms with Crippen molar-refractivity contribution in [2.24, 2.45) is 0 Å². The van der Waals surface area contributed by atoms with Gasteiger partial charge in [-0.1, -0.05) is 23.7 Å². The summed E-state index contributed by atoms with van der Waals surface area (Å²) in [7, 11) is 0. The number of carbonyl (C=O) groups excluding carboxylic acids is 1. The van der Waals surface area contributed by atoms with Crippen molar-refractivity contribution in [1.82, 2.24) is 4.98 Å². The zero-order valence-corrected chi connectivity index (χ0v) is 11.8. The number of aromatic nitrogens is 1. The molecule has 1 unspecified atom stereocenters. The Labute approximate surface area is 122 Å². The minimum absolute atomic E-state index is 0.0183. The maximum absolute atomic E-state index is 11.8. The maximum Gasteiger partial charge on any atom is 0.227 e. The van der Waals surface area contributed by atoms with Gasteiger partial charge in [-0.15, -0.1) is 0 Å². The summed E-state index contributed by atoms with van der Waals surface area (Å²) in [5.41, 5.74) is 2.15. The van der Waals surface area contributed by atoms with E-state index in [9.17, 15) is 9.90 Å². The van der Waals surface area contributed by atoms with E-state index in [0.717, 1.165) is 5.69 Å². The lowest BCUT2D eigenvalue weighted by Crippen LogP contribution is -2.15. The van der Waals surface area contributed by atoms with E-state index >= 15 is 0 Å². The molecule has 1 amide bonds. The predicted octanol–water partition coefficient (Wildman–Crippen LogP) is 3.11. The number of hydrogen-bond acceptors (Lipinski definition) is 3. The van der Waals surface area contributed by atoms with Gasteiger partial charge in [0.1, 0.15) is 0 Å². The average Bonchev–Trinajstić information content (AvgIpc) is 2.42. The standard InChI is InChI=1S/C15H15ClN2O2/c1-10-2-7-13(9-17-10)18-15(20)8-14(19)11-3-5-12(16)6-4-11/h2-7,9,14,19H,8H2,1H3,(H,18,20). The van der Waals surface area contributed by atoms with Crippen molar-refractivity contribution in [2.45, 2.75) is 19.4 Å². The molecule has 0 spiro atoms. The highest BCUT2D eigenvalue weighted by Gasteiger charge is 2.13. The first-order chi connectivity index (χ1) is 9.54. The molecule has 0 saturated carbocycles. The van der Waals surface area contributed by atoms with Crippen molar-refractivity contribution in [3.63, 3.8) is 0 Å². The van der Waals surface area contributed by atoms with Crippen LogP contribution in [-0.4, -0.2) is 16.0 Å². The Kier molecular flexibility index (Phi) is 4.71. The number of carbonyl (C=O) groups is 1. The van der Waals surface area contributed by atoms with Crippen LogP contribution in [0.25, 0.3) is 0 Å². The fourth-order valence-corrected chi connectivity index (χ4v) is 1.86. The van der Waals surface area contributed by atoms with Crippen LogP contribution >= 0.6 is 11.6 Å². The second-order valence-corrected chi connectivity index (χ2v) is 4.94. The van der Waals surface area contributed by atoms with Crippen molar-refractivity contribution < 1.29 is 9.90 Å². The number of aliphatic hydroxyl groups is 1. The van der Waals surface area contributed by atoms with E-state index in [0.29, 0.717) is 16.3 Å². The fraction of sp³-hybridized carbons (Fsp3) is 0.200. The summed E-state index contributed by atoms with van der Waals surface area (Å²) >= 11 is 5.77. The third kappa shape index (κ3) is 4.05. The highest BCUT2D eigenvalue weighted by molar-refractivity contribution is 6.30. The molecule has 0 bridgehead atoms. The van der Waals surface area contributed by atoms with Crippen molar-refractivity contribution in [3.05, 3.63) is 58.9 Å². The summed E-state index contributed by atoms with van der Waals surface area (Å²) in [6, 6.07) is 10.4. The van der Waals surface area contributed by atoms with E-state index in [2.05, 4.69) is 10.3 Å². The minimum Gasteiger partial charge on any atom is -0.388 e. The zero-order valence-electron chi connectivity index (χ0n) is 11.0. The summed E-state index contributed by atoms with van der Waals surface area (Å²) in [4.78, 5) is 15.9. The van der Waals surface area contributed by atoms with Gasteiger partial charge in [0, 0.05) is 10.7 Å². The Morgan fingerprint density at radius 3 is 2.60 bits per heavy atom. The Bertz CT molecular complexity index is 582. The third-order valence-corrected chi connectivity index (χ3v) is 3.08. The number of nitrogens with one attached hydrogen (secondary N) is 1. The number of aliphatic hydroxyl groups excluding tert-OH is 1. The highest BCUT2D eigenvalue weighted by atomic mass is 35.5. The van der Waals surface area contributed by atoms with Crippen LogP contribution in [0.4, 0.5) is 5.69 Å². The van der Waals surface area contributed by atoms with Crippen LogP contribution in [0.5, 0.6) is 0 Å². The summed E-state index contributed by atoms with van der Waals surface area (Å²) in [5.74, 6) is -0.266. The molecule has 1 aromatic carbocycles. The van der Waals surface area contributed by atoms with Gasteiger partial charge in [0.15, 0.2) is 0 Å². The molecule has 0 aliphatic rings. The molecule has 0 aliphatic heterocycles. The number of rotatable bonds is 4. The lowest BCUT2D eigenvalue weighted by atomic mass is 10.1. The SMILES string of the molecule is Cc1ccc(NC(=O)CC(O)c2ccc(Cl)cc2)cn1. The van der Waals surface area contributed by atoms with Gasteiger partial charge in [-0.05, 0) is 36.8 Å². The minimum atomic E-state index is -0.856. The van der Waals surface area contributed by atoms with Gasteiger partial charge in [-0.2, -0.15) is 0 Å². The molecule has 5 heteroatoms. The van der Waals surface area contributed by atoms with E-state index in [1.807, 2.05) is 13.0 Å². The predicted molar refractivity (Wildman–Crippen MR) is 78.6 cm³/mol. The molecule has 1 atom stereocenters. The molecule has 104 valence electrons. The van der Waals surface area contributed by atoms with E-state index in [1.165, 1.54) is 0 Å². The van der Waals surface area contributed by atoms with Gasteiger partial charge in [-0.25, -0.2) is 0 Å². The van der Waals surface area contributed by atoms with Crippen molar-refractivity contribution in [2.75, 3.05) is 5.32 Å². The zero-order chi connectivity index (χ0) is 14.5. The summed E-state index contributed by atoms with van der Waals surface area (Å²) in [6.45, 7) is 1.87. The molecular formula is C15H15ClN2O2. The lowest BCUT2D eigenvalue weighted by Gasteiger charge is -2.11. The number of anilines is 1.